The van der Waals surface area contributed by atoms with Crippen LogP contribution in [0.3, 0.4) is 0 Å². The number of benzene rings is 1. The highest BCUT2D eigenvalue weighted by Gasteiger charge is 2.56. The lowest BCUT2D eigenvalue weighted by Crippen LogP contribution is -2.49. The maximum Gasteiger partial charge on any atom is 0.327 e. The second-order valence-electron chi connectivity index (χ2n) is 7.98. The molecule has 27 heavy (non-hydrogen) atoms. The van der Waals surface area contributed by atoms with Gasteiger partial charge in [-0.25, -0.2) is 4.79 Å². The third-order valence-electron chi connectivity index (χ3n) is 6.53. The van der Waals surface area contributed by atoms with E-state index in [-0.39, 0.29) is 30.4 Å². The summed E-state index contributed by atoms with van der Waals surface area (Å²) >= 11 is 0. The molecule has 144 valence electrons. The molecule has 1 unspecified atom stereocenters. The summed E-state index contributed by atoms with van der Waals surface area (Å²) in [6, 6.07) is 9.70. The molecule has 1 saturated carbocycles. The minimum Gasteiger partial charge on any atom is -0.334 e. The summed E-state index contributed by atoms with van der Waals surface area (Å²) in [7, 11) is 1.71. The number of carbonyl (C=O) groups is 3. The van der Waals surface area contributed by atoms with Gasteiger partial charge in [-0.05, 0) is 31.2 Å². The van der Waals surface area contributed by atoms with Crippen LogP contribution in [0.4, 0.5) is 4.79 Å². The van der Waals surface area contributed by atoms with Crippen LogP contribution in [0.5, 0.6) is 0 Å². The van der Waals surface area contributed by atoms with Crippen molar-refractivity contribution < 1.29 is 14.4 Å². The van der Waals surface area contributed by atoms with E-state index in [1.54, 1.807) is 11.9 Å². The van der Waals surface area contributed by atoms with Crippen LogP contribution < -0.4 is 0 Å². The van der Waals surface area contributed by atoms with Crippen molar-refractivity contribution in [1.29, 1.82) is 0 Å². The van der Waals surface area contributed by atoms with Gasteiger partial charge in [0.25, 0.3) is 5.91 Å². The Bertz CT molecular complexity index is 742. The predicted octanol–water partition coefficient (Wildman–Crippen LogP) is 2.95. The highest BCUT2D eigenvalue weighted by atomic mass is 16.2. The van der Waals surface area contributed by atoms with Crippen molar-refractivity contribution in [2.45, 2.75) is 56.5 Å². The second kappa shape index (κ2) is 6.98. The molecule has 4 rings (SSSR count). The van der Waals surface area contributed by atoms with E-state index in [2.05, 4.69) is 0 Å². The molecular weight excluding hydrogens is 342 g/mol. The van der Waals surface area contributed by atoms with E-state index < -0.39 is 5.54 Å². The van der Waals surface area contributed by atoms with Crippen LogP contribution >= 0.6 is 0 Å². The number of urea groups is 1. The highest BCUT2D eigenvalue weighted by Crippen LogP contribution is 2.40. The van der Waals surface area contributed by atoms with Gasteiger partial charge in [0.05, 0.1) is 6.04 Å². The van der Waals surface area contributed by atoms with Crippen molar-refractivity contribution in [3.8, 4) is 0 Å². The third kappa shape index (κ3) is 2.91. The first-order valence-corrected chi connectivity index (χ1v) is 9.99. The predicted molar refractivity (Wildman–Crippen MR) is 101 cm³/mol. The fourth-order valence-electron chi connectivity index (χ4n) is 4.98. The number of nitrogens with zero attached hydrogens (tertiary/aromatic N) is 3. The largest absolute Gasteiger partial charge is 0.334 e. The van der Waals surface area contributed by atoms with Crippen LogP contribution in [0.2, 0.25) is 0 Å². The molecule has 0 N–H and O–H groups in total. The molecular formula is C21H27N3O3. The lowest BCUT2D eigenvalue weighted by Gasteiger charge is -2.35. The molecule has 0 aromatic heterocycles. The van der Waals surface area contributed by atoms with Gasteiger partial charge in [0, 0.05) is 13.6 Å². The number of carbonyl (C=O) groups excluding carboxylic acids is 3. The molecule has 6 nitrogen and oxygen atoms in total. The standard InChI is InChI=1S/C21H27N3O3/c1-22-20(27)24(19(26)21(22)12-6-3-7-13-21)15-18(25)23-14-8-11-17(23)16-9-4-2-5-10-16/h2,4-5,9-10,17H,3,6-8,11-15H2,1H3. The zero-order chi connectivity index (χ0) is 19.0. The summed E-state index contributed by atoms with van der Waals surface area (Å²) in [6.45, 7) is 0.530. The fourth-order valence-corrected chi connectivity index (χ4v) is 4.98. The lowest BCUT2D eigenvalue weighted by molar-refractivity contribution is -0.140. The van der Waals surface area contributed by atoms with Gasteiger partial charge in [0.15, 0.2) is 0 Å². The molecule has 2 saturated heterocycles. The summed E-state index contributed by atoms with van der Waals surface area (Å²) in [5.41, 5.74) is 0.391. The highest BCUT2D eigenvalue weighted by molar-refractivity contribution is 6.09. The number of amides is 4. The van der Waals surface area contributed by atoms with Crippen molar-refractivity contribution in [3.05, 3.63) is 35.9 Å². The number of likely N-dealkylation sites (tertiary alicyclic amines) is 1. The Balaban J connectivity index is 1.51. The van der Waals surface area contributed by atoms with Gasteiger partial charge in [-0.1, -0.05) is 49.6 Å². The first-order valence-electron chi connectivity index (χ1n) is 9.99. The topological polar surface area (TPSA) is 60.9 Å². The van der Waals surface area contributed by atoms with Crippen molar-refractivity contribution >= 4 is 17.8 Å². The molecule has 1 aromatic rings. The number of likely N-dealkylation sites (N-methyl/N-ethyl adjacent to an activating group) is 1. The van der Waals surface area contributed by atoms with Gasteiger partial charge < -0.3 is 9.80 Å². The Morgan fingerprint density at radius 3 is 2.48 bits per heavy atom. The minimum absolute atomic E-state index is 0.0351. The maximum absolute atomic E-state index is 13.1. The smallest absolute Gasteiger partial charge is 0.327 e. The molecule has 6 heteroatoms. The number of hydrogen-bond acceptors (Lipinski definition) is 3. The summed E-state index contributed by atoms with van der Waals surface area (Å²) in [4.78, 5) is 43.5. The normalized spacial score (nSPS) is 24.9. The number of imide groups is 1. The molecule has 0 radical (unpaired) electrons. The minimum atomic E-state index is -0.723. The average molecular weight is 369 g/mol. The molecule has 3 aliphatic rings. The van der Waals surface area contributed by atoms with Crippen LogP contribution in [0.25, 0.3) is 0 Å². The first-order chi connectivity index (χ1) is 13.0. The summed E-state index contributed by atoms with van der Waals surface area (Å²) in [5, 5.41) is 0. The Labute approximate surface area is 160 Å². The average Bonchev–Trinajstić information content (AvgIpc) is 3.26. The van der Waals surface area contributed by atoms with E-state index in [4.69, 9.17) is 0 Å². The fraction of sp³-hybridized carbons (Fsp3) is 0.571. The van der Waals surface area contributed by atoms with Gasteiger partial charge >= 0.3 is 6.03 Å². The summed E-state index contributed by atoms with van der Waals surface area (Å²) in [6.07, 6.45) is 6.27. The van der Waals surface area contributed by atoms with E-state index in [0.717, 1.165) is 37.7 Å². The zero-order valence-electron chi connectivity index (χ0n) is 15.9. The second-order valence-corrected chi connectivity index (χ2v) is 7.98. The van der Waals surface area contributed by atoms with Gasteiger partial charge in [0.2, 0.25) is 5.91 Å². The third-order valence-corrected chi connectivity index (χ3v) is 6.53. The molecule has 2 aliphatic heterocycles. The molecule has 0 bridgehead atoms. The van der Waals surface area contributed by atoms with Gasteiger partial charge in [-0.2, -0.15) is 0 Å². The molecule has 3 fully saturated rings. The van der Waals surface area contributed by atoms with E-state index in [0.29, 0.717) is 19.4 Å². The monoisotopic (exact) mass is 369 g/mol. The Morgan fingerprint density at radius 1 is 1.07 bits per heavy atom. The van der Waals surface area contributed by atoms with Crippen molar-refractivity contribution in [2.75, 3.05) is 20.1 Å². The summed E-state index contributed by atoms with van der Waals surface area (Å²) < 4.78 is 0. The van der Waals surface area contributed by atoms with Gasteiger partial charge in [-0.3, -0.25) is 14.5 Å². The number of hydrogen-bond donors (Lipinski definition) is 0. The lowest BCUT2D eigenvalue weighted by atomic mass is 9.81. The Morgan fingerprint density at radius 2 is 1.78 bits per heavy atom. The molecule has 1 aromatic carbocycles. The van der Waals surface area contributed by atoms with Crippen molar-refractivity contribution in [1.82, 2.24) is 14.7 Å². The quantitative estimate of drug-likeness (QED) is 0.770. The van der Waals surface area contributed by atoms with E-state index >= 15 is 0 Å². The Kier molecular flexibility index (Phi) is 4.66. The van der Waals surface area contributed by atoms with Crippen LogP contribution in [-0.2, 0) is 9.59 Å². The van der Waals surface area contributed by atoms with E-state index in [1.807, 2.05) is 35.2 Å². The van der Waals surface area contributed by atoms with E-state index in [1.165, 1.54) is 4.90 Å². The van der Waals surface area contributed by atoms with Crippen LogP contribution in [0, 0.1) is 0 Å². The van der Waals surface area contributed by atoms with E-state index in [9.17, 15) is 14.4 Å². The molecule has 1 aliphatic carbocycles. The first kappa shape index (κ1) is 18.0. The molecule has 4 amide bonds. The Hall–Kier alpha value is -2.37. The van der Waals surface area contributed by atoms with Gasteiger partial charge in [-0.15, -0.1) is 0 Å². The number of rotatable bonds is 3. The van der Waals surface area contributed by atoms with Crippen molar-refractivity contribution in [2.24, 2.45) is 0 Å². The maximum atomic E-state index is 13.1. The van der Waals surface area contributed by atoms with Crippen LogP contribution in [0.1, 0.15) is 56.6 Å². The zero-order valence-corrected chi connectivity index (χ0v) is 15.9. The summed E-state index contributed by atoms with van der Waals surface area (Å²) in [5.74, 6) is -0.317. The molecule has 1 spiro atoms. The van der Waals surface area contributed by atoms with Gasteiger partial charge in [0.1, 0.15) is 12.1 Å². The van der Waals surface area contributed by atoms with Crippen molar-refractivity contribution in [3.63, 3.8) is 0 Å². The van der Waals surface area contributed by atoms with Crippen LogP contribution in [0.15, 0.2) is 30.3 Å². The molecule has 2 heterocycles. The SMILES string of the molecule is CN1C(=O)N(CC(=O)N2CCCC2c2ccccc2)C(=O)C12CCCCC2. The van der Waals surface area contributed by atoms with Crippen LogP contribution in [-0.4, -0.2) is 58.2 Å². The molecule has 1 atom stereocenters.